The predicted octanol–water partition coefficient (Wildman–Crippen LogP) is 2.88. The number of carbonyl (C=O) groups excluding carboxylic acids is 1. The van der Waals surface area contributed by atoms with E-state index in [9.17, 15) is 9.59 Å². The van der Waals surface area contributed by atoms with E-state index >= 15 is 0 Å². The smallest absolute Gasteiger partial charge is 0.306 e. The van der Waals surface area contributed by atoms with Gasteiger partial charge in [-0.15, -0.1) is 0 Å². The summed E-state index contributed by atoms with van der Waals surface area (Å²) in [6.07, 6.45) is 1.10. The molecule has 2 rings (SSSR count). The number of aliphatic carboxylic acids is 1. The highest BCUT2D eigenvalue weighted by atomic mass is 32.2. The average molecular weight is 307 g/mol. The summed E-state index contributed by atoms with van der Waals surface area (Å²) in [6.45, 7) is 3.19. The highest BCUT2D eigenvalue weighted by Crippen LogP contribution is 2.20. The highest BCUT2D eigenvalue weighted by molar-refractivity contribution is 7.98. The molecule has 0 aliphatic carbocycles. The van der Waals surface area contributed by atoms with Crippen LogP contribution in [0.15, 0.2) is 24.3 Å². The van der Waals surface area contributed by atoms with Gasteiger partial charge in [-0.05, 0) is 36.3 Å². The van der Waals surface area contributed by atoms with Gasteiger partial charge in [0.2, 0.25) is 0 Å². The van der Waals surface area contributed by atoms with Crippen LogP contribution in [0.1, 0.15) is 35.7 Å². The van der Waals surface area contributed by atoms with Crippen molar-refractivity contribution in [2.45, 2.75) is 25.5 Å². The standard InChI is InChI=1S/C16H21NO3S/c1-2-21-11-12-3-5-13(6-4-12)15(18)17-9-7-14(8-10-17)16(19)20/h3-6,14H,2,7-11H2,1H3,(H,19,20). The fourth-order valence-corrected chi connectivity index (χ4v) is 3.11. The third kappa shape index (κ3) is 4.24. The van der Waals surface area contributed by atoms with Gasteiger partial charge in [-0.3, -0.25) is 9.59 Å². The van der Waals surface area contributed by atoms with Crippen LogP contribution in [-0.2, 0) is 10.5 Å². The lowest BCUT2D eigenvalue weighted by Gasteiger charge is -2.30. The van der Waals surface area contributed by atoms with Gasteiger partial charge in [0.25, 0.3) is 5.91 Å². The zero-order valence-electron chi connectivity index (χ0n) is 12.2. The molecule has 1 saturated heterocycles. The number of rotatable bonds is 5. The van der Waals surface area contributed by atoms with Crippen LogP contribution in [0.3, 0.4) is 0 Å². The molecule has 0 spiro atoms. The van der Waals surface area contributed by atoms with Crippen molar-refractivity contribution < 1.29 is 14.7 Å². The maximum atomic E-state index is 12.4. The average Bonchev–Trinajstić information content (AvgIpc) is 2.53. The number of amides is 1. The Hall–Kier alpha value is -1.49. The zero-order valence-corrected chi connectivity index (χ0v) is 13.1. The third-order valence-electron chi connectivity index (χ3n) is 3.81. The van der Waals surface area contributed by atoms with Crippen LogP contribution in [0.4, 0.5) is 0 Å². The lowest BCUT2D eigenvalue weighted by molar-refractivity contribution is -0.143. The molecule has 0 unspecified atom stereocenters. The maximum Gasteiger partial charge on any atom is 0.306 e. The number of hydrogen-bond acceptors (Lipinski definition) is 3. The normalized spacial score (nSPS) is 16.0. The minimum atomic E-state index is -0.750. The number of likely N-dealkylation sites (tertiary alicyclic amines) is 1. The van der Waals surface area contributed by atoms with Crippen molar-refractivity contribution in [1.82, 2.24) is 4.90 Å². The number of hydrogen-bond donors (Lipinski definition) is 1. The Morgan fingerprint density at radius 2 is 1.86 bits per heavy atom. The number of carboxylic acids is 1. The lowest BCUT2D eigenvalue weighted by Crippen LogP contribution is -2.40. The van der Waals surface area contributed by atoms with Crippen LogP contribution in [0, 0.1) is 5.92 Å². The van der Waals surface area contributed by atoms with Crippen molar-refractivity contribution >= 4 is 23.6 Å². The SMILES string of the molecule is CCSCc1ccc(C(=O)N2CCC(C(=O)O)CC2)cc1. The first kappa shape index (κ1) is 15.9. The molecule has 1 aliphatic heterocycles. The number of nitrogens with zero attached hydrogens (tertiary/aromatic N) is 1. The molecule has 0 radical (unpaired) electrons. The first-order valence-corrected chi connectivity index (χ1v) is 8.46. The van der Waals surface area contributed by atoms with Crippen LogP contribution < -0.4 is 0 Å². The molecule has 114 valence electrons. The molecule has 1 aliphatic rings. The molecule has 1 fully saturated rings. The van der Waals surface area contributed by atoms with Crippen molar-refractivity contribution in [3.05, 3.63) is 35.4 Å². The Morgan fingerprint density at radius 3 is 2.38 bits per heavy atom. The first-order chi connectivity index (χ1) is 10.1. The Bertz CT molecular complexity index is 493. The summed E-state index contributed by atoms with van der Waals surface area (Å²) in [5.41, 5.74) is 1.91. The van der Waals surface area contributed by atoms with Gasteiger partial charge < -0.3 is 10.0 Å². The molecule has 1 aromatic rings. The van der Waals surface area contributed by atoms with E-state index < -0.39 is 5.97 Å². The molecular formula is C16H21NO3S. The van der Waals surface area contributed by atoms with Crippen LogP contribution in [0.25, 0.3) is 0 Å². The first-order valence-electron chi connectivity index (χ1n) is 7.30. The van der Waals surface area contributed by atoms with Crippen molar-refractivity contribution in [3.8, 4) is 0 Å². The van der Waals surface area contributed by atoms with E-state index in [4.69, 9.17) is 5.11 Å². The Morgan fingerprint density at radius 1 is 1.24 bits per heavy atom. The molecule has 1 N–H and O–H groups in total. The van der Waals surface area contributed by atoms with Gasteiger partial charge in [0, 0.05) is 24.4 Å². The third-order valence-corrected chi connectivity index (χ3v) is 4.75. The van der Waals surface area contributed by atoms with Gasteiger partial charge in [-0.1, -0.05) is 19.1 Å². The van der Waals surface area contributed by atoms with E-state index in [1.807, 2.05) is 36.0 Å². The monoisotopic (exact) mass is 307 g/mol. The van der Waals surface area contributed by atoms with Crippen molar-refractivity contribution in [1.29, 1.82) is 0 Å². The number of piperidine rings is 1. The van der Waals surface area contributed by atoms with Crippen LogP contribution in [-0.4, -0.2) is 40.7 Å². The number of carboxylic acid groups (broad SMARTS) is 1. The molecular weight excluding hydrogens is 286 g/mol. The lowest BCUT2D eigenvalue weighted by atomic mass is 9.96. The fourth-order valence-electron chi connectivity index (χ4n) is 2.48. The van der Waals surface area contributed by atoms with E-state index in [-0.39, 0.29) is 11.8 Å². The van der Waals surface area contributed by atoms with E-state index in [2.05, 4.69) is 6.92 Å². The Balaban J connectivity index is 1.93. The second-order valence-corrected chi connectivity index (χ2v) is 6.51. The summed E-state index contributed by atoms with van der Waals surface area (Å²) in [4.78, 5) is 25.1. The number of thioether (sulfide) groups is 1. The zero-order chi connectivity index (χ0) is 15.2. The molecule has 21 heavy (non-hydrogen) atoms. The maximum absolute atomic E-state index is 12.4. The van der Waals surface area contributed by atoms with Gasteiger partial charge in [-0.25, -0.2) is 0 Å². The molecule has 0 bridgehead atoms. The number of carbonyl (C=O) groups is 2. The predicted molar refractivity (Wildman–Crippen MR) is 84.5 cm³/mol. The van der Waals surface area contributed by atoms with E-state index in [1.54, 1.807) is 4.90 Å². The summed E-state index contributed by atoms with van der Waals surface area (Å²) in [5, 5.41) is 8.98. The van der Waals surface area contributed by atoms with Gasteiger partial charge >= 0.3 is 5.97 Å². The summed E-state index contributed by atoms with van der Waals surface area (Å²) in [7, 11) is 0. The van der Waals surface area contributed by atoms with Crippen LogP contribution >= 0.6 is 11.8 Å². The summed E-state index contributed by atoms with van der Waals surface area (Å²) < 4.78 is 0. The van der Waals surface area contributed by atoms with Gasteiger partial charge in [0.05, 0.1) is 5.92 Å². The second-order valence-electron chi connectivity index (χ2n) is 5.24. The largest absolute Gasteiger partial charge is 0.481 e. The fraction of sp³-hybridized carbons (Fsp3) is 0.500. The second kappa shape index (κ2) is 7.50. The van der Waals surface area contributed by atoms with E-state index in [0.29, 0.717) is 31.5 Å². The molecule has 5 heteroatoms. The molecule has 1 aromatic carbocycles. The summed E-state index contributed by atoms with van der Waals surface area (Å²) in [6, 6.07) is 7.74. The van der Waals surface area contributed by atoms with Crippen molar-refractivity contribution in [2.24, 2.45) is 5.92 Å². The topological polar surface area (TPSA) is 57.6 Å². The van der Waals surface area contributed by atoms with Gasteiger partial charge in [0.15, 0.2) is 0 Å². The van der Waals surface area contributed by atoms with Gasteiger partial charge in [0.1, 0.15) is 0 Å². The van der Waals surface area contributed by atoms with Crippen LogP contribution in [0.2, 0.25) is 0 Å². The van der Waals surface area contributed by atoms with Crippen molar-refractivity contribution in [2.75, 3.05) is 18.8 Å². The molecule has 0 aromatic heterocycles. The van der Waals surface area contributed by atoms with E-state index in [0.717, 1.165) is 11.5 Å². The minimum absolute atomic E-state index is 0.00790. The Kier molecular flexibility index (Phi) is 5.67. The van der Waals surface area contributed by atoms with Gasteiger partial charge in [-0.2, -0.15) is 11.8 Å². The summed E-state index contributed by atoms with van der Waals surface area (Å²) >= 11 is 1.86. The van der Waals surface area contributed by atoms with E-state index in [1.165, 1.54) is 5.56 Å². The van der Waals surface area contributed by atoms with Crippen molar-refractivity contribution in [3.63, 3.8) is 0 Å². The molecule has 1 heterocycles. The quantitative estimate of drug-likeness (QED) is 0.909. The minimum Gasteiger partial charge on any atom is -0.481 e. The molecule has 4 nitrogen and oxygen atoms in total. The highest BCUT2D eigenvalue weighted by Gasteiger charge is 2.27. The summed E-state index contributed by atoms with van der Waals surface area (Å²) in [5.74, 6) is 1.00. The van der Waals surface area contributed by atoms with Crippen LogP contribution in [0.5, 0.6) is 0 Å². The Labute approximate surface area is 129 Å². The molecule has 1 amide bonds. The molecule has 0 saturated carbocycles. The molecule has 0 atom stereocenters. The number of benzene rings is 1.